The topological polar surface area (TPSA) is 55.1 Å². The molecule has 29 heavy (non-hydrogen) atoms. The van der Waals surface area contributed by atoms with Gasteiger partial charge >= 0.3 is 0 Å². The largest absolute Gasteiger partial charge is 0.431 e. The molecule has 0 bridgehead atoms. The monoisotopic (exact) mass is 406 g/mol. The molecule has 1 N–H and O–H groups in total. The lowest BCUT2D eigenvalue weighted by Gasteiger charge is -2.29. The number of amides is 1. The van der Waals surface area contributed by atoms with E-state index in [-0.39, 0.29) is 5.91 Å². The van der Waals surface area contributed by atoms with Crippen LogP contribution in [0.2, 0.25) is 0 Å². The molecule has 2 aromatic carbocycles. The summed E-state index contributed by atoms with van der Waals surface area (Å²) in [7, 11) is 0. The number of hydrogen-bond acceptors (Lipinski definition) is 4. The number of nitrogens with one attached hydrogen (secondary N) is 1. The first-order valence-electron chi connectivity index (χ1n) is 10.2. The van der Waals surface area contributed by atoms with Crippen molar-refractivity contribution < 1.29 is 9.21 Å². The maximum atomic E-state index is 12.5. The Morgan fingerprint density at radius 2 is 1.69 bits per heavy atom. The molecule has 0 spiro atoms. The number of carbonyl (C=O) groups is 1. The first-order valence-corrected chi connectivity index (χ1v) is 11.2. The summed E-state index contributed by atoms with van der Waals surface area (Å²) in [4.78, 5) is 17.2. The Morgan fingerprint density at radius 3 is 2.38 bits per heavy atom. The number of oxazole rings is 1. The maximum Gasteiger partial charge on any atom is 0.257 e. The Balaban J connectivity index is 1.49. The molecule has 5 heteroatoms. The van der Waals surface area contributed by atoms with Crippen molar-refractivity contribution >= 4 is 17.7 Å². The molecule has 0 saturated heterocycles. The third-order valence-corrected chi connectivity index (χ3v) is 6.30. The molecule has 150 valence electrons. The van der Waals surface area contributed by atoms with Crippen molar-refractivity contribution in [3.63, 3.8) is 0 Å². The number of rotatable bonds is 6. The lowest BCUT2D eigenvalue weighted by molar-refractivity contribution is -0.119. The highest BCUT2D eigenvalue weighted by atomic mass is 32.2. The molecule has 1 saturated carbocycles. The van der Waals surface area contributed by atoms with E-state index < -0.39 is 0 Å². The highest BCUT2D eigenvalue weighted by Gasteiger charge is 2.23. The zero-order valence-electron chi connectivity index (χ0n) is 16.6. The molecule has 2 atom stereocenters. The van der Waals surface area contributed by atoms with Crippen molar-refractivity contribution in [3.05, 3.63) is 60.7 Å². The van der Waals surface area contributed by atoms with Crippen LogP contribution in [0.4, 0.5) is 0 Å². The zero-order valence-corrected chi connectivity index (χ0v) is 17.5. The summed E-state index contributed by atoms with van der Waals surface area (Å²) in [6, 6.07) is 20.3. The number of benzene rings is 2. The van der Waals surface area contributed by atoms with Crippen LogP contribution in [0.5, 0.6) is 0 Å². The van der Waals surface area contributed by atoms with Gasteiger partial charge in [0.2, 0.25) is 5.91 Å². The van der Waals surface area contributed by atoms with Crippen LogP contribution in [0.1, 0.15) is 32.6 Å². The average molecular weight is 407 g/mol. The Morgan fingerprint density at radius 1 is 1.03 bits per heavy atom. The number of hydrogen-bond donors (Lipinski definition) is 1. The van der Waals surface area contributed by atoms with Crippen LogP contribution < -0.4 is 5.32 Å². The number of nitrogens with zero attached hydrogens (tertiary/aromatic N) is 1. The smallest absolute Gasteiger partial charge is 0.257 e. The second kappa shape index (κ2) is 9.31. The van der Waals surface area contributed by atoms with Gasteiger partial charge in [-0.25, -0.2) is 4.98 Å². The molecule has 1 amide bonds. The first-order chi connectivity index (χ1) is 14.2. The third kappa shape index (κ3) is 4.91. The van der Waals surface area contributed by atoms with Gasteiger partial charge < -0.3 is 9.73 Å². The average Bonchev–Trinajstić information content (AvgIpc) is 3.20. The highest BCUT2D eigenvalue weighted by Crippen LogP contribution is 2.35. The van der Waals surface area contributed by atoms with E-state index in [0.717, 1.165) is 29.0 Å². The summed E-state index contributed by atoms with van der Waals surface area (Å²) in [5.41, 5.74) is 2.79. The summed E-state index contributed by atoms with van der Waals surface area (Å²) in [5, 5.41) is 3.72. The van der Waals surface area contributed by atoms with Crippen molar-refractivity contribution in [2.45, 2.75) is 43.9 Å². The van der Waals surface area contributed by atoms with E-state index in [9.17, 15) is 4.79 Å². The van der Waals surface area contributed by atoms with Crippen LogP contribution in [0.3, 0.4) is 0 Å². The summed E-state index contributed by atoms with van der Waals surface area (Å²) < 4.78 is 6.09. The molecule has 4 nitrogen and oxygen atoms in total. The van der Waals surface area contributed by atoms with Crippen LogP contribution in [0, 0.1) is 5.92 Å². The maximum absolute atomic E-state index is 12.5. The zero-order chi connectivity index (χ0) is 20.1. The molecule has 0 aliphatic heterocycles. The van der Waals surface area contributed by atoms with Crippen molar-refractivity contribution in [1.82, 2.24) is 10.3 Å². The minimum Gasteiger partial charge on any atom is -0.431 e. The Bertz CT molecular complexity index is 883. The van der Waals surface area contributed by atoms with Crippen molar-refractivity contribution in [2.75, 3.05) is 5.75 Å². The van der Waals surface area contributed by atoms with Gasteiger partial charge in [0.25, 0.3) is 5.22 Å². The fourth-order valence-electron chi connectivity index (χ4n) is 3.85. The van der Waals surface area contributed by atoms with Crippen LogP contribution in [0.15, 0.2) is 70.3 Å². The molecule has 1 heterocycles. The van der Waals surface area contributed by atoms with Gasteiger partial charge in [0.15, 0.2) is 5.76 Å². The van der Waals surface area contributed by atoms with Crippen LogP contribution in [0.25, 0.3) is 22.6 Å². The second-order valence-corrected chi connectivity index (χ2v) is 8.54. The molecule has 3 aromatic rings. The summed E-state index contributed by atoms with van der Waals surface area (Å²) in [6.45, 7) is 2.23. The SMILES string of the molecule is CC1CCCCC1NC(=O)CSc1nc(-c2ccccc2)c(-c2ccccc2)o1. The fourth-order valence-corrected chi connectivity index (χ4v) is 4.48. The molecule has 2 unspecified atom stereocenters. The molecular formula is C24H26N2O2S. The van der Waals surface area contributed by atoms with Gasteiger partial charge in [-0.2, -0.15) is 0 Å². The fraction of sp³-hybridized carbons (Fsp3) is 0.333. The summed E-state index contributed by atoms with van der Waals surface area (Å²) in [5.74, 6) is 1.65. The van der Waals surface area contributed by atoms with Gasteiger partial charge in [0, 0.05) is 17.2 Å². The Kier molecular flexibility index (Phi) is 6.35. The van der Waals surface area contributed by atoms with Crippen molar-refractivity contribution in [1.29, 1.82) is 0 Å². The van der Waals surface area contributed by atoms with Crippen LogP contribution in [-0.2, 0) is 4.79 Å². The molecule has 1 aliphatic carbocycles. The van der Waals surface area contributed by atoms with Crippen LogP contribution >= 0.6 is 11.8 Å². The number of carbonyl (C=O) groups excluding carboxylic acids is 1. The van der Waals surface area contributed by atoms with E-state index in [1.54, 1.807) is 0 Å². The van der Waals surface area contributed by atoms with Crippen LogP contribution in [-0.4, -0.2) is 22.7 Å². The number of thioether (sulfide) groups is 1. The second-order valence-electron chi connectivity index (χ2n) is 7.61. The third-order valence-electron chi connectivity index (χ3n) is 5.48. The summed E-state index contributed by atoms with van der Waals surface area (Å²) in [6.07, 6.45) is 4.73. The Hall–Kier alpha value is -2.53. The lowest BCUT2D eigenvalue weighted by atomic mass is 9.86. The molecule has 4 rings (SSSR count). The van der Waals surface area contributed by atoms with E-state index in [0.29, 0.717) is 22.9 Å². The van der Waals surface area contributed by atoms with E-state index >= 15 is 0 Å². The quantitative estimate of drug-likeness (QED) is 0.526. The van der Waals surface area contributed by atoms with Crippen molar-refractivity contribution in [2.24, 2.45) is 5.92 Å². The predicted molar refractivity (Wildman–Crippen MR) is 118 cm³/mol. The highest BCUT2D eigenvalue weighted by molar-refractivity contribution is 7.99. The number of aromatic nitrogens is 1. The van der Waals surface area contributed by atoms with E-state index in [1.807, 2.05) is 60.7 Å². The lowest BCUT2D eigenvalue weighted by Crippen LogP contribution is -2.41. The van der Waals surface area contributed by atoms with Gasteiger partial charge in [-0.3, -0.25) is 4.79 Å². The molecular weight excluding hydrogens is 380 g/mol. The van der Waals surface area contributed by atoms with E-state index in [1.165, 1.54) is 31.0 Å². The molecule has 1 aromatic heterocycles. The summed E-state index contributed by atoms with van der Waals surface area (Å²) >= 11 is 1.35. The molecule has 0 radical (unpaired) electrons. The van der Waals surface area contributed by atoms with Crippen molar-refractivity contribution in [3.8, 4) is 22.6 Å². The Labute approximate surface area is 176 Å². The van der Waals surface area contributed by atoms with E-state index in [2.05, 4.69) is 12.2 Å². The minimum atomic E-state index is 0.0504. The van der Waals surface area contributed by atoms with E-state index in [4.69, 9.17) is 9.40 Å². The van der Waals surface area contributed by atoms with Gasteiger partial charge in [-0.15, -0.1) is 0 Å². The predicted octanol–water partition coefficient (Wildman–Crippen LogP) is 5.80. The normalized spacial score (nSPS) is 19.1. The van der Waals surface area contributed by atoms with Gasteiger partial charge in [0.1, 0.15) is 5.69 Å². The molecule has 1 fully saturated rings. The minimum absolute atomic E-state index is 0.0504. The van der Waals surface area contributed by atoms with Gasteiger partial charge in [-0.1, -0.05) is 92.2 Å². The molecule has 1 aliphatic rings. The van der Waals surface area contributed by atoms with Gasteiger partial charge in [-0.05, 0) is 18.8 Å². The standard InChI is InChI=1S/C24H26N2O2S/c1-17-10-8-9-15-20(17)25-21(27)16-29-24-26-22(18-11-4-2-5-12-18)23(28-24)19-13-6-3-7-14-19/h2-7,11-14,17,20H,8-10,15-16H2,1H3,(H,25,27). The van der Waals surface area contributed by atoms with Gasteiger partial charge in [0.05, 0.1) is 5.75 Å². The first kappa shape index (κ1) is 19.8.